The summed E-state index contributed by atoms with van der Waals surface area (Å²) in [7, 11) is 4.99. The first-order valence-electron chi connectivity index (χ1n) is 9.85. The zero-order chi connectivity index (χ0) is 21.4. The van der Waals surface area contributed by atoms with Crippen molar-refractivity contribution in [2.45, 2.75) is 25.4 Å². The maximum atomic E-state index is 12.9. The van der Waals surface area contributed by atoms with Crippen LogP contribution >= 0.6 is 11.6 Å². The van der Waals surface area contributed by atoms with Gasteiger partial charge >= 0.3 is 0 Å². The van der Waals surface area contributed by atoms with Gasteiger partial charge in [-0.2, -0.15) is 0 Å². The molecule has 8 heteroatoms. The van der Waals surface area contributed by atoms with E-state index in [9.17, 15) is 9.59 Å². The highest BCUT2D eigenvalue weighted by Gasteiger charge is 2.37. The third-order valence-corrected chi connectivity index (χ3v) is 6.07. The topological polar surface area (TPSA) is 71.1 Å². The standard InChI is InChI=1S/C22H24ClN3O4/c1-25-17-10-13(7-8-14(17)22(28)26-9-5-4-6-20(25)26)21(27)24-16-11-15(23)18(29-2)12-19(16)30-3/h7-8,10-12,20H,4-6,9H2,1-3H3,(H,24,27)/t20-/m0/s1. The Morgan fingerprint density at radius 2 is 1.90 bits per heavy atom. The van der Waals surface area contributed by atoms with E-state index in [0.29, 0.717) is 33.3 Å². The molecule has 0 radical (unpaired) electrons. The molecule has 1 atom stereocenters. The fraction of sp³-hybridized carbons (Fsp3) is 0.364. The van der Waals surface area contributed by atoms with Crippen molar-refractivity contribution < 1.29 is 19.1 Å². The molecule has 0 spiro atoms. The van der Waals surface area contributed by atoms with Crippen LogP contribution in [0.3, 0.4) is 0 Å². The highest BCUT2D eigenvalue weighted by molar-refractivity contribution is 6.32. The molecule has 2 aliphatic rings. The number of halogens is 1. The summed E-state index contributed by atoms with van der Waals surface area (Å²) < 4.78 is 10.5. The molecule has 1 saturated heterocycles. The van der Waals surface area contributed by atoms with E-state index in [0.717, 1.165) is 31.5 Å². The summed E-state index contributed by atoms with van der Waals surface area (Å²) in [5.41, 5.74) is 2.29. The SMILES string of the molecule is COc1cc(OC)c(NC(=O)c2ccc3c(c2)N(C)[C@@H]2CCCCN2C3=O)cc1Cl. The molecule has 2 heterocycles. The van der Waals surface area contributed by atoms with Gasteiger partial charge in [0.05, 0.1) is 36.2 Å². The molecule has 0 saturated carbocycles. The molecule has 0 aromatic heterocycles. The lowest BCUT2D eigenvalue weighted by molar-refractivity contribution is 0.0589. The molecular weight excluding hydrogens is 406 g/mol. The van der Waals surface area contributed by atoms with Gasteiger partial charge in [0, 0.05) is 25.2 Å². The Hall–Kier alpha value is -2.93. The van der Waals surface area contributed by atoms with E-state index < -0.39 is 0 Å². The van der Waals surface area contributed by atoms with Gasteiger partial charge in [-0.3, -0.25) is 9.59 Å². The van der Waals surface area contributed by atoms with Gasteiger partial charge in [-0.25, -0.2) is 0 Å². The third-order valence-electron chi connectivity index (χ3n) is 5.77. The lowest BCUT2D eigenvalue weighted by Gasteiger charge is -2.46. The van der Waals surface area contributed by atoms with Crippen LogP contribution in [0.25, 0.3) is 0 Å². The highest BCUT2D eigenvalue weighted by Crippen LogP contribution is 2.37. The first-order valence-corrected chi connectivity index (χ1v) is 10.2. The molecule has 0 bridgehead atoms. The van der Waals surface area contributed by atoms with Crippen LogP contribution in [0, 0.1) is 0 Å². The van der Waals surface area contributed by atoms with Gasteiger partial charge in [0.15, 0.2) is 0 Å². The molecule has 30 heavy (non-hydrogen) atoms. The summed E-state index contributed by atoms with van der Waals surface area (Å²) in [5.74, 6) is 0.609. The maximum absolute atomic E-state index is 12.9. The van der Waals surface area contributed by atoms with E-state index in [-0.39, 0.29) is 18.0 Å². The Bertz CT molecular complexity index is 1010. The van der Waals surface area contributed by atoms with Gasteiger partial charge < -0.3 is 24.6 Å². The molecule has 0 aliphatic carbocycles. The van der Waals surface area contributed by atoms with Crippen molar-refractivity contribution in [1.29, 1.82) is 0 Å². The fourth-order valence-corrected chi connectivity index (χ4v) is 4.41. The largest absolute Gasteiger partial charge is 0.495 e. The number of anilines is 2. The minimum absolute atomic E-state index is 0.0309. The summed E-state index contributed by atoms with van der Waals surface area (Å²) in [6.07, 6.45) is 3.09. The number of methoxy groups -OCH3 is 2. The molecule has 1 fully saturated rings. The average Bonchev–Trinajstić information content (AvgIpc) is 2.77. The molecular formula is C22H24ClN3O4. The lowest BCUT2D eigenvalue weighted by Crippen LogP contribution is -2.55. The quantitative estimate of drug-likeness (QED) is 0.795. The summed E-state index contributed by atoms with van der Waals surface area (Å²) in [4.78, 5) is 29.9. The number of nitrogens with one attached hydrogen (secondary N) is 1. The highest BCUT2D eigenvalue weighted by atomic mass is 35.5. The minimum atomic E-state index is -0.316. The van der Waals surface area contributed by atoms with Crippen molar-refractivity contribution in [2.24, 2.45) is 0 Å². The first kappa shape index (κ1) is 20.3. The van der Waals surface area contributed by atoms with Crippen LogP contribution in [0.15, 0.2) is 30.3 Å². The second kappa shape index (κ2) is 8.07. The van der Waals surface area contributed by atoms with E-state index in [1.807, 2.05) is 11.9 Å². The van der Waals surface area contributed by atoms with Crippen LogP contribution in [-0.4, -0.2) is 50.7 Å². The Kier molecular flexibility index (Phi) is 5.47. The van der Waals surface area contributed by atoms with Crippen LogP contribution in [-0.2, 0) is 0 Å². The van der Waals surface area contributed by atoms with E-state index in [4.69, 9.17) is 21.1 Å². The number of hydrogen-bond donors (Lipinski definition) is 1. The van der Waals surface area contributed by atoms with Crippen LogP contribution < -0.4 is 19.7 Å². The van der Waals surface area contributed by atoms with E-state index in [1.165, 1.54) is 14.2 Å². The predicted molar refractivity (Wildman–Crippen MR) is 116 cm³/mol. The third kappa shape index (κ3) is 3.43. The molecule has 158 valence electrons. The number of rotatable bonds is 4. The Morgan fingerprint density at radius 1 is 1.13 bits per heavy atom. The smallest absolute Gasteiger partial charge is 0.257 e. The fourth-order valence-electron chi connectivity index (χ4n) is 4.17. The van der Waals surface area contributed by atoms with Crippen LogP contribution in [0.4, 0.5) is 11.4 Å². The van der Waals surface area contributed by atoms with E-state index in [1.54, 1.807) is 30.3 Å². The van der Waals surface area contributed by atoms with Crippen molar-refractivity contribution in [3.63, 3.8) is 0 Å². The number of carbonyl (C=O) groups is 2. The molecule has 0 unspecified atom stereocenters. The normalized spacial score (nSPS) is 17.9. The second-order valence-corrected chi connectivity index (χ2v) is 7.87. The number of amides is 2. The van der Waals surface area contributed by atoms with Gasteiger partial charge in [-0.05, 0) is 43.5 Å². The molecule has 4 rings (SSSR count). The van der Waals surface area contributed by atoms with Gasteiger partial charge in [0.1, 0.15) is 17.7 Å². The monoisotopic (exact) mass is 429 g/mol. The molecule has 2 amide bonds. The minimum Gasteiger partial charge on any atom is -0.495 e. The molecule has 2 aliphatic heterocycles. The Morgan fingerprint density at radius 3 is 2.63 bits per heavy atom. The Labute approximate surface area is 180 Å². The number of hydrogen-bond acceptors (Lipinski definition) is 5. The van der Waals surface area contributed by atoms with Crippen molar-refractivity contribution in [2.75, 3.05) is 38.0 Å². The number of benzene rings is 2. The first-order chi connectivity index (χ1) is 14.4. The van der Waals surface area contributed by atoms with Crippen LogP contribution in [0.2, 0.25) is 5.02 Å². The number of ether oxygens (including phenoxy) is 2. The molecule has 7 nitrogen and oxygen atoms in total. The summed E-state index contributed by atoms with van der Waals surface area (Å²) in [6.45, 7) is 0.771. The number of nitrogens with zero attached hydrogens (tertiary/aromatic N) is 2. The van der Waals surface area contributed by atoms with E-state index >= 15 is 0 Å². The second-order valence-electron chi connectivity index (χ2n) is 7.46. The number of fused-ring (bicyclic) bond motifs is 2. The van der Waals surface area contributed by atoms with E-state index in [2.05, 4.69) is 10.2 Å². The number of piperidine rings is 1. The van der Waals surface area contributed by atoms with Crippen molar-refractivity contribution in [1.82, 2.24) is 4.90 Å². The molecule has 2 aromatic rings. The summed E-state index contributed by atoms with van der Waals surface area (Å²) in [6, 6.07) is 8.38. The lowest BCUT2D eigenvalue weighted by atomic mass is 9.97. The van der Waals surface area contributed by atoms with Crippen LogP contribution in [0.1, 0.15) is 40.0 Å². The van der Waals surface area contributed by atoms with Gasteiger partial charge in [-0.15, -0.1) is 0 Å². The van der Waals surface area contributed by atoms with Crippen molar-refractivity contribution in [3.05, 3.63) is 46.5 Å². The summed E-state index contributed by atoms with van der Waals surface area (Å²) in [5, 5.41) is 3.20. The van der Waals surface area contributed by atoms with Crippen molar-refractivity contribution in [3.8, 4) is 11.5 Å². The zero-order valence-corrected chi connectivity index (χ0v) is 18.0. The molecule has 1 N–H and O–H groups in total. The number of carbonyl (C=O) groups excluding carboxylic acids is 2. The summed E-state index contributed by atoms with van der Waals surface area (Å²) >= 11 is 6.20. The maximum Gasteiger partial charge on any atom is 0.257 e. The van der Waals surface area contributed by atoms with Gasteiger partial charge in [-0.1, -0.05) is 11.6 Å². The van der Waals surface area contributed by atoms with Crippen LogP contribution in [0.5, 0.6) is 11.5 Å². The zero-order valence-electron chi connectivity index (χ0n) is 17.2. The Balaban J connectivity index is 1.63. The average molecular weight is 430 g/mol. The predicted octanol–water partition coefficient (Wildman–Crippen LogP) is 4.01. The van der Waals surface area contributed by atoms with Crippen molar-refractivity contribution >= 4 is 34.8 Å². The molecule has 2 aromatic carbocycles. The van der Waals surface area contributed by atoms with Gasteiger partial charge in [0.25, 0.3) is 11.8 Å². The van der Waals surface area contributed by atoms with Gasteiger partial charge in [0.2, 0.25) is 0 Å².